The van der Waals surface area contributed by atoms with Gasteiger partial charge in [0.15, 0.2) is 0 Å². The van der Waals surface area contributed by atoms with Gasteiger partial charge in [-0.1, -0.05) is 15.9 Å². The van der Waals surface area contributed by atoms with E-state index in [9.17, 15) is 18.0 Å². The number of carbonyl (C=O) groups is 2. The third-order valence-electron chi connectivity index (χ3n) is 3.04. The predicted octanol–water partition coefficient (Wildman–Crippen LogP) is 4.11. The maximum atomic E-state index is 13.1. The molecule has 0 aliphatic heterocycles. The molecular weight excluding hydrogens is 438 g/mol. The van der Waals surface area contributed by atoms with E-state index in [4.69, 9.17) is 9.47 Å². The molecule has 1 rings (SSSR count). The van der Waals surface area contributed by atoms with E-state index in [0.29, 0.717) is 8.78 Å². The highest BCUT2D eigenvalue weighted by Crippen LogP contribution is 2.24. The molecule has 0 aromatic heterocycles. The molecule has 1 amide bonds. The summed E-state index contributed by atoms with van der Waals surface area (Å²) in [4.78, 5) is 25.0. The SMILES string of the molecule is C[C@@H](C(=O)OC(C)(C)C)N(C(=O)OC(C)(C)C)S(=O)(=O)c1ccc(Br)cc1. The van der Waals surface area contributed by atoms with Crippen LogP contribution in [0.2, 0.25) is 0 Å². The summed E-state index contributed by atoms with van der Waals surface area (Å²) in [5.74, 6) is -0.853. The zero-order chi connectivity index (χ0) is 21.2. The highest BCUT2D eigenvalue weighted by Gasteiger charge is 2.41. The van der Waals surface area contributed by atoms with Gasteiger partial charge in [0.1, 0.15) is 17.2 Å². The van der Waals surface area contributed by atoms with Gasteiger partial charge in [0, 0.05) is 4.47 Å². The molecule has 0 aliphatic rings. The summed E-state index contributed by atoms with van der Waals surface area (Å²) in [7, 11) is -4.35. The number of ether oxygens (including phenoxy) is 2. The molecule has 1 aromatic carbocycles. The Morgan fingerprint density at radius 3 is 1.81 bits per heavy atom. The second-order valence-corrected chi connectivity index (χ2v) is 10.7. The zero-order valence-electron chi connectivity index (χ0n) is 16.6. The molecule has 0 saturated heterocycles. The number of nitrogens with zero attached hydrogens (tertiary/aromatic N) is 1. The van der Waals surface area contributed by atoms with Crippen LogP contribution in [-0.4, -0.2) is 42.0 Å². The van der Waals surface area contributed by atoms with Gasteiger partial charge < -0.3 is 9.47 Å². The third kappa shape index (κ3) is 6.80. The second-order valence-electron chi connectivity index (χ2n) is 7.94. The molecule has 0 radical (unpaired) electrons. The Morgan fingerprint density at radius 2 is 1.41 bits per heavy atom. The second kappa shape index (κ2) is 8.18. The van der Waals surface area contributed by atoms with Crippen molar-refractivity contribution < 1.29 is 27.5 Å². The van der Waals surface area contributed by atoms with Crippen molar-refractivity contribution in [3.63, 3.8) is 0 Å². The monoisotopic (exact) mass is 463 g/mol. The molecule has 0 heterocycles. The number of amides is 1. The van der Waals surface area contributed by atoms with Crippen LogP contribution in [0.1, 0.15) is 48.5 Å². The summed E-state index contributed by atoms with van der Waals surface area (Å²) >= 11 is 3.23. The summed E-state index contributed by atoms with van der Waals surface area (Å²) in [6.45, 7) is 11.1. The molecule has 0 fully saturated rings. The molecule has 0 aliphatic carbocycles. The molecule has 0 bridgehead atoms. The fraction of sp³-hybridized carbons (Fsp3) is 0.556. The Kier molecular flexibility index (Phi) is 7.10. The number of benzene rings is 1. The van der Waals surface area contributed by atoms with E-state index in [2.05, 4.69) is 15.9 Å². The van der Waals surface area contributed by atoms with E-state index in [1.54, 1.807) is 41.5 Å². The van der Waals surface area contributed by atoms with E-state index in [1.807, 2.05) is 0 Å². The molecule has 0 spiro atoms. The number of rotatable bonds is 4. The molecule has 0 saturated carbocycles. The van der Waals surface area contributed by atoms with Gasteiger partial charge in [-0.15, -0.1) is 0 Å². The number of hydrogen-bond donors (Lipinski definition) is 0. The Morgan fingerprint density at radius 1 is 0.963 bits per heavy atom. The minimum Gasteiger partial charge on any atom is -0.458 e. The van der Waals surface area contributed by atoms with Gasteiger partial charge in [-0.05, 0) is 72.7 Å². The molecule has 7 nitrogen and oxygen atoms in total. The topological polar surface area (TPSA) is 90.0 Å². The quantitative estimate of drug-likeness (QED) is 0.624. The third-order valence-corrected chi connectivity index (χ3v) is 5.42. The summed E-state index contributed by atoms with van der Waals surface area (Å²) in [5, 5.41) is 0. The molecule has 1 atom stereocenters. The standard InChI is InChI=1S/C18H26BrNO6S/c1-12(15(21)25-17(2,3)4)20(16(22)26-18(5,6)7)27(23,24)14-10-8-13(19)9-11-14/h8-12H,1-7H3/t12-/m0/s1. The first-order chi connectivity index (χ1) is 12.0. The minimum absolute atomic E-state index is 0.146. The number of hydrogen-bond acceptors (Lipinski definition) is 6. The van der Waals surface area contributed by atoms with Crippen molar-refractivity contribution in [2.45, 2.75) is 70.6 Å². The average molecular weight is 464 g/mol. The van der Waals surface area contributed by atoms with Crippen LogP contribution in [0, 0.1) is 0 Å². The van der Waals surface area contributed by atoms with Gasteiger partial charge in [-0.3, -0.25) is 0 Å². The van der Waals surface area contributed by atoms with Crippen LogP contribution >= 0.6 is 15.9 Å². The highest BCUT2D eigenvalue weighted by atomic mass is 79.9. The van der Waals surface area contributed by atoms with E-state index < -0.39 is 39.3 Å². The summed E-state index contributed by atoms with van der Waals surface area (Å²) in [6.07, 6.45) is -1.15. The zero-order valence-corrected chi connectivity index (χ0v) is 19.0. The van der Waals surface area contributed by atoms with Crippen LogP contribution in [0.15, 0.2) is 33.6 Å². The first-order valence-electron chi connectivity index (χ1n) is 8.30. The van der Waals surface area contributed by atoms with Crippen LogP contribution in [0.4, 0.5) is 4.79 Å². The molecule has 0 unspecified atom stereocenters. The Labute approximate surface area is 169 Å². The first kappa shape index (κ1) is 23.4. The van der Waals surface area contributed by atoms with E-state index >= 15 is 0 Å². The van der Waals surface area contributed by atoms with Gasteiger partial charge in [0.2, 0.25) is 0 Å². The molecule has 152 valence electrons. The lowest BCUT2D eigenvalue weighted by Gasteiger charge is -2.31. The first-order valence-corrected chi connectivity index (χ1v) is 10.5. The van der Waals surface area contributed by atoms with Crippen molar-refractivity contribution >= 4 is 38.0 Å². The van der Waals surface area contributed by atoms with Crippen molar-refractivity contribution in [1.29, 1.82) is 0 Å². The number of carbonyl (C=O) groups excluding carboxylic acids is 2. The molecule has 1 aromatic rings. The van der Waals surface area contributed by atoms with Gasteiger partial charge in [0.25, 0.3) is 10.0 Å². The molecule has 9 heteroatoms. The van der Waals surface area contributed by atoms with Crippen LogP contribution in [0.25, 0.3) is 0 Å². The Balaban J connectivity index is 3.39. The molecule has 27 heavy (non-hydrogen) atoms. The normalized spacial score (nSPS) is 13.6. The van der Waals surface area contributed by atoms with Gasteiger partial charge in [0.05, 0.1) is 4.90 Å². The minimum atomic E-state index is -4.35. The lowest BCUT2D eigenvalue weighted by Crippen LogP contribution is -2.50. The number of esters is 1. The van der Waals surface area contributed by atoms with Crippen LogP contribution in [0.3, 0.4) is 0 Å². The van der Waals surface area contributed by atoms with Crippen LogP contribution < -0.4 is 0 Å². The lowest BCUT2D eigenvalue weighted by molar-refractivity contribution is -0.158. The number of sulfonamides is 1. The molecular formula is C18H26BrNO6S. The fourth-order valence-electron chi connectivity index (χ4n) is 1.97. The van der Waals surface area contributed by atoms with Crippen molar-refractivity contribution in [2.24, 2.45) is 0 Å². The fourth-order valence-corrected chi connectivity index (χ4v) is 3.68. The lowest BCUT2D eigenvalue weighted by atomic mass is 10.2. The van der Waals surface area contributed by atoms with Crippen molar-refractivity contribution in [2.75, 3.05) is 0 Å². The van der Waals surface area contributed by atoms with E-state index in [-0.39, 0.29) is 4.90 Å². The predicted molar refractivity (Wildman–Crippen MR) is 105 cm³/mol. The van der Waals surface area contributed by atoms with Gasteiger partial charge in [-0.2, -0.15) is 4.31 Å². The van der Waals surface area contributed by atoms with Crippen molar-refractivity contribution in [1.82, 2.24) is 4.31 Å². The Bertz CT molecular complexity index is 791. The van der Waals surface area contributed by atoms with Gasteiger partial charge >= 0.3 is 12.1 Å². The largest absolute Gasteiger partial charge is 0.458 e. The molecule has 0 N–H and O–H groups in total. The van der Waals surface area contributed by atoms with E-state index in [0.717, 1.165) is 0 Å². The van der Waals surface area contributed by atoms with Crippen LogP contribution in [0.5, 0.6) is 0 Å². The van der Waals surface area contributed by atoms with E-state index in [1.165, 1.54) is 31.2 Å². The van der Waals surface area contributed by atoms with Crippen molar-refractivity contribution in [3.05, 3.63) is 28.7 Å². The smallest absolute Gasteiger partial charge is 0.425 e. The average Bonchev–Trinajstić information content (AvgIpc) is 2.43. The highest BCUT2D eigenvalue weighted by molar-refractivity contribution is 9.10. The maximum Gasteiger partial charge on any atom is 0.425 e. The maximum absolute atomic E-state index is 13.1. The van der Waals surface area contributed by atoms with Crippen LogP contribution in [-0.2, 0) is 24.3 Å². The summed E-state index contributed by atoms with van der Waals surface area (Å²) in [5.41, 5.74) is -1.79. The number of halogens is 1. The van der Waals surface area contributed by atoms with Crippen molar-refractivity contribution in [3.8, 4) is 0 Å². The van der Waals surface area contributed by atoms with Gasteiger partial charge in [-0.25, -0.2) is 18.0 Å². The summed E-state index contributed by atoms with van der Waals surface area (Å²) in [6, 6.07) is 4.31. The summed E-state index contributed by atoms with van der Waals surface area (Å²) < 4.78 is 37.7. The Hall–Kier alpha value is -1.61.